The van der Waals surface area contributed by atoms with Crippen molar-refractivity contribution in [1.29, 1.82) is 0 Å². The van der Waals surface area contributed by atoms with Crippen molar-refractivity contribution in [3.8, 4) is 0 Å². The van der Waals surface area contributed by atoms with E-state index >= 15 is 0 Å². The summed E-state index contributed by atoms with van der Waals surface area (Å²) in [6.07, 6.45) is -14.2. The SMILES string of the molecule is C[C@@H]1O[C@@H](O[C@H]2CC[C@@]3(C)[C@@H](CC[C@@H]4[C@@H]3CC[C@]3(C)[C@@H](c5ccc(=O)oc5)CC[C@]43O)C2)[C@H](O)[C@H](O)[C@H]1O[C@@H]1O[C@H](CO)[C@@H](O[C@@H]2O[C@H](CO)[C@@H](O)[C@H](O)[C@H]2O)[C@H](O)[C@H]1O. The van der Waals surface area contributed by atoms with Crippen molar-refractivity contribution in [3.05, 3.63) is 34.4 Å². The summed E-state index contributed by atoms with van der Waals surface area (Å²) in [5.74, 6) is 0.898. The van der Waals surface area contributed by atoms with Gasteiger partial charge < -0.3 is 83.9 Å². The highest BCUT2D eigenvalue weighted by Crippen LogP contribution is 2.70. The second-order valence-electron chi connectivity index (χ2n) is 19.2. The molecule has 0 unspecified atom stereocenters. The fourth-order valence-corrected chi connectivity index (χ4v) is 12.7. The van der Waals surface area contributed by atoms with Crippen molar-refractivity contribution in [2.45, 2.75) is 188 Å². The molecular formula is C42H64O18. The van der Waals surface area contributed by atoms with E-state index in [1.54, 1.807) is 13.2 Å². The van der Waals surface area contributed by atoms with Crippen LogP contribution in [0, 0.1) is 28.6 Å². The molecule has 18 nitrogen and oxygen atoms in total. The van der Waals surface area contributed by atoms with Crippen LogP contribution in [0.5, 0.6) is 0 Å². The third kappa shape index (κ3) is 7.43. The molecule has 4 saturated carbocycles. The molecule has 23 atom stereocenters. The van der Waals surface area contributed by atoms with Crippen LogP contribution in [0.1, 0.15) is 90.0 Å². The maximum atomic E-state index is 12.6. The molecule has 7 aliphatic rings. The number of rotatable bonds is 9. The predicted octanol–water partition coefficient (Wildman–Crippen LogP) is -1.26. The lowest BCUT2D eigenvalue weighted by atomic mass is 9.43. The molecule has 60 heavy (non-hydrogen) atoms. The molecule has 0 bridgehead atoms. The maximum Gasteiger partial charge on any atom is 0.335 e. The predicted molar refractivity (Wildman–Crippen MR) is 203 cm³/mol. The number of hydrogen-bond donors (Lipinski definition) is 10. The standard InChI is InChI=1S/C42H64O18/c1-18-35(59-39-34(52)31(49)36(26(16-44)58-39)60-38-32(50)29(47)28(46)25(15-43)57-38)30(48)33(51)37(55-18)56-21-8-11-40(2)20(14-21)5-6-24-23(40)9-12-41(3)22(10-13-42(24,41)53)19-4-7-27(45)54-17-19/h4,7,17-18,20-26,28-39,43-44,46-53H,5-6,8-16H2,1-3H3/t18-,20-,21-,22+,23-,24+,25+,26+,28+,29-,30-,31+,32+,33+,34+,35-,36+,37-,38-,39-,40-,41+,42-/m0/s1. The summed E-state index contributed by atoms with van der Waals surface area (Å²) in [4.78, 5) is 11.7. The summed E-state index contributed by atoms with van der Waals surface area (Å²) in [6, 6.07) is 3.31. The van der Waals surface area contributed by atoms with E-state index in [0.717, 1.165) is 50.5 Å². The Kier molecular flexibility index (Phi) is 12.7. The molecule has 1 aromatic rings. The van der Waals surface area contributed by atoms with Crippen molar-refractivity contribution in [3.63, 3.8) is 0 Å². The van der Waals surface area contributed by atoms with E-state index in [2.05, 4.69) is 13.8 Å². The normalized spacial score (nSPS) is 53.2. The molecule has 3 aliphatic heterocycles. The molecular weight excluding hydrogens is 792 g/mol. The van der Waals surface area contributed by atoms with Crippen LogP contribution >= 0.6 is 0 Å². The van der Waals surface area contributed by atoms with E-state index < -0.39 is 111 Å². The Hall–Kier alpha value is -1.69. The molecule has 4 aliphatic carbocycles. The van der Waals surface area contributed by atoms with Gasteiger partial charge in [0.15, 0.2) is 18.9 Å². The summed E-state index contributed by atoms with van der Waals surface area (Å²) in [5.41, 5.74) is -0.596. The Morgan fingerprint density at radius 1 is 0.667 bits per heavy atom. The molecule has 7 fully saturated rings. The topological polar surface area (TPSA) is 288 Å². The largest absolute Gasteiger partial charge is 0.431 e. The van der Waals surface area contributed by atoms with Crippen LogP contribution in [0.3, 0.4) is 0 Å². The first kappa shape index (κ1) is 44.9. The van der Waals surface area contributed by atoms with E-state index in [9.17, 15) is 55.9 Å². The minimum absolute atomic E-state index is 0.0219. The van der Waals surface area contributed by atoms with Crippen molar-refractivity contribution >= 4 is 0 Å². The Labute approximate surface area is 347 Å². The van der Waals surface area contributed by atoms with Crippen LogP contribution in [0.4, 0.5) is 0 Å². The number of ether oxygens (including phenoxy) is 6. The van der Waals surface area contributed by atoms with Crippen molar-refractivity contribution < 1.29 is 83.9 Å². The Balaban J connectivity index is 0.867. The molecule has 8 rings (SSSR count). The van der Waals surface area contributed by atoms with E-state index in [-0.39, 0.29) is 34.4 Å². The van der Waals surface area contributed by atoms with Crippen molar-refractivity contribution in [2.75, 3.05) is 13.2 Å². The summed E-state index contributed by atoms with van der Waals surface area (Å²) >= 11 is 0. The Morgan fingerprint density at radius 3 is 1.97 bits per heavy atom. The minimum atomic E-state index is -1.85. The van der Waals surface area contributed by atoms with Crippen LogP contribution in [0.2, 0.25) is 0 Å². The first-order valence-corrected chi connectivity index (χ1v) is 21.7. The van der Waals surface area contributed by atoms with Gasteiger partial charge in [0.05, 0.1) is 37.3 Å². The van der Waals surface area contributed by atoms with Gasteiger partial charge in [-0.2, -0.15) is 0 Å². The Bertz CT molecular complexity index is 1670. The second kappa shape index (κ2) is 17.0. The molecule has 3 saturated heterocycles. The second-order valence-corrected chi connectivity index (χ2v) is 19.2. The lowest BCUT2D eigenvalue weighted by Crippen LogP contribution is -2.66. The van der Waals surface area contributed by atoms with Gasteiger partial charge in [-0.15, -0.1) is 0 Å². The first-order chi connectivity index (χ1) is 28.4. The monoisotopic (exact) mass is 856 g/mol. The van der Waals surface area contributed by atoms with Gasteiger partial charge >= 0.3 is 5.63 Å². The van der Waals surface area contributed by atoms with Gasteiger partial charge in [-0.25, -0.2) is 4.79 Å². The van der Waals surface area contributed by atoms with E-state index in [1.807, 2.05) is 6.07 Å². The number of aliphatic hydroxyl groups is 10. The Morgan fingerprint density at radius 2 is 1.30 bits per heavy atom. The van der Waals surface area contributed by atoms with Crippen LogP contribution in [0.15, 0.2) is 27.6 Å². The lowest BCUT2D eigenvalue weighted by molar-refractivity contribution is -0.379. The summed E-state index contributed by atoms with van der Waals surface area (Å²) in [7, 11) is 0. The average molecular weight is 857 g/mol. The molecule has 18 heteroatoms. The fraction of sp³-hybridized carbons (Fsp3) is 0.881. The number of hydrogen-bond acceptors (Lipinski definition) is 18. The minimum Gasteiger partial charge on any atom is -0.431 e. The molecule has 10 N–H and O–H groups in total. The average Bonchev–Trinajstić information content (AvgIpc) is 3.51. The molecule has 1 aromatic heterocycles. The van der Waals surface area contributed by atoms with Gasteiger partial charge in [-0.3, -0.25) is 0 Å². The fourth-order valence-electron chi connectivity index (χ4n) is 12.7. The van der Waals surface area contributed by atoms with Gasteiger partial charge in [0.2, 0.25) is 0 Å². The first-order valence-electron chi connectivity index (χ1n) is 21.7. The smallest absolute Gasteiger partial charge is 0.335 e. The van der Waals surface area contributed by atoms with Crippen molar-refractivity contribution in [1.82, 2.24) is 0 Å². The zero-order valence-electron chi connectivity index (χ0n) is 34.3. The zero-order chi connectivity index (χ0) is 43.1. The van der Waals surface area contributed by atoms with E-state index in [0.29, 0.717) is 24.7 Å². The van der Waals surface area contributed by atoms with Crippen molar-refractivity contribution in [2.24, 2.45) is 28.6 Å². The van der Waals surface area contributed by atoms with Crippen LogP contribution in [-0.4, -0.2) is 168 Å². The summed E-state index contributed by atoms with van der Waals surface area (Å²) in [6.45, 7) is 4.67. The third-order valence-corrected chi connectivity index (χ3v) is 16.3. The molecule has 4 heterocycles. The molecule has 340 valence electrons. The lowest BCUT2D eigenvalue weighted by Gasteiger charge is -2.63. The molecule has 0 aromatic carbocycles. The highest BCUT2D eigenvalue weighted by molar-refractivity contribution is 5.27. The number of aliphatic hydroxyl groups excluding tert-OH is 9. The van der Waals surface area contributed by atoms with Crippen LogP contribution in [0.25, 0.3) is 0 Å². The quantitative estimate of drug-likeness (QED) is 0.130. The number of fused-ring (bicyclic) bond motifs is 5. The van der Waals surface area contributed by atoms with E-state index in [1.165, 1.54) is 6.07 Å². The van der Waals surface area contributed by atoms with Gasteiger partial charge in [0, 0.05) is 11.5 Å². The van der Waals surface area contributed by atoms with Gasteiger partial charge in [0.25, 0.3) is 0 Å². The van der Waals surface area contributed by atoms with Gasteiger partial charge in [-0.1, -0.05) is 13.8 Å². The third-order valence-electron chi connectivity index (χ3n) is 16.3. The van der Waals surface area contributed by atoms with Gasteiger partial charge in [-0.05, 0) is 105 Å². The maximum absolute atomic E-state index is 12.6. The molecule has 0 amide bonds. The van der Waals surface area contributed by atoms with Crippen LogP contribution in [-0.2, 0) is 28.4 Å². The van der Waals surface area contributed by atoms with Crippen LogP contribution < -0.4 is 5.63 Å². The highest BCUT2D eigenvalue weighted by atomic mass is 16.8. The molecule has 0 radical (unpaired) electrons. The summed E-state index contributed by atoms with van der Waals surface area (Å²) in [5, 5.41) is 108. The highest BCUT2D eigenvalue weighted by Gasteiger charge is 2.67. The zero-order valence-corrected chi connectivity index (χ0v) is 34.3. The summed E-state index contributed by atoms with van der Waals surface area (Å²) < 4.78 is 40.4. The molecule has 0 spiro atoms. The van der Waals surface area contributed by atoms with E-state index in [4.69, 9.17) is 32.8 Å². The van der Waals surface area contributed by atoms with Gasteiger partial charge in [0.1, 0.15) is 67.1 Å².